The highest BCUT2D eigenvalue weighted by Crippen LogP contribution is 2.22. The highest BCUT2D eigenvalue weighted by Gasteiger charge is 2.04. The van der Waals surface area contributed by atoms with Gasteiger partial charge in [-0.25, -0.2) is 0 Å². The summed E-state index contributed by atoms with van der Waals surface area (Å²) in [5, 5.41) is 0. The van der Waals surface area contributed by atoms with Gasteiger partial charge in [-0.1, -0.05) is 17.7 Å². The first-order valence-corrected chi connectivity index (χ1v) is 6.41. The third-order valence-electron chi connectivity index (χ3n) is 2.69. The summed E-state index contributed by atoms with van der Waals surface area (Å²) in [5.41, 5.74) is 4.42. The molecule has 0 fully saturated rings. The summed E-state index contributed by atoms with van der Waals surface area (Å²) in [7, 11) is 0. The number of pyridine rings is 1. The summed E-state index contributed by atoms with van der Waals surface area (Å²) < 4.78 is 5.80. The van der Waals surface area contributed by atoms with E-state index in [-0.39, 0.29) is 0 Å². The molecule has 0 radical (unpaired) electrons. The highest BCUT2D eigenvalue weighted by molar-refractivity contribution is 6.17. The minimum atomic E-state index is 0.461. The molecule has 1 heterocycles. The van der Waals surface area contributed by atoms with E-state index in [0.717, 1.165) is 22.4 Å². The van der Waals surface area contributed by atoms with Crippen LogP contribution in [0.5, 0.6) is 5.75 Å². The Balaban J connectivity index is 2.10. The van der Waals surface area contributed by atoms with Crippen molar-refractivity contribution in [3.63, 3.8) is 0 Å². The number of nitrogens with zero attached hydrogens (tertiary/aromatic N) is 1. The van der Waals surface area contributed by atoms with Gasteiger partial charge in [0.15, 0.2) is 0 Å². The van der Waals surface area contributed by atoms with E-state index < -0.39 is 0 Å². The molecular formula is C15H16ClNO. The highest BCUT2D eigenvalue weighted by atomic mass is 35.5. The predicted octanol–water partition coefficient (Wildman–Crippen LogP) is 4.02. The molecule has 0 aliphatic rings. The lowest BCUT2D eigenvalue weighted by molar-refractivity contribution is 0.303. The summed E-state index contributed by atoms with van der Waals surface area (Å²) in [6.45, 7) is 4.58. The summed E-state index contributed by atoms with van der Waals surface area (Å²) in [4.78, 5) is 4.15. The fourth-order valence-electron chi connectivity index (χ4n) is 1.81. The van der Waals surface area contributed by atoms with E-state index in [1.807, 2.05) is 38.4 Å². The molecule has 94 valence electrons. The molecule has 0 saturated heterocycles. The maximum atomic E-state index is 5.92. The van der Waals surface area contributed by atoms with E-state index in [1.165, 1.54) is 5.56 Å². The smallest absolute Gasteiger partial charge is 0.124 e. The number of halogens is 1. The minimum Gasteiger partial charge on any atom is -0.489 e. The molecule has 0 spiro atoms. The second-order valence-electron chi connectivity index (χ2n) is 4.40. The van der Waals surface area contributed by atoms with Crippen molar-refractivity contribution in [1.29, 1.82) is 0 Å². The zero-order valence-corrected chi connectivity index (χ0v) is 11.4. The Kier molecular flexibility index (Phi) is 4.21. The van der Waals surface area contributed by atoms with Gasteiger partial charge in [-0.05, 0) is 31.5 Å². The van der Waals surface area contributed by atoms with Crippen LogP contribution in [0, 0.1) is 13.8 Å². The Morgan fingerprint density at radius 3 is 2.67 bits per heavy atom. The number of alkyl halides is 1. The number of aryl methyl sites for hydroxylation is 2. The summed E-state index contributed by atoms with van der Waals surface area (Å²) in [5.74, 6) is 1.31. The monoisotopic (exact) mass is 261 g/mol. The average molecular weight is 262 g/mol. The number of aromatic nitrogens is 1. The molecule has 1 aromatic carbocycles. The quantitative estimate of drug-likeness (QED) is 0.776. The minimum absolute atomic E-state index is 0.461. The van der Waals surface area contributed by atoms with Crippen LogP contribution in [0.25, 0.3) is 0 Å². The van der Waals surface area contributed by atoms with Gasteiger partial charge in [0.25, 0.3) is 0 Å². The first-order chi connectivity index (χ1) is 8.69. The van der Waals surface area contributed by atoms with Gasteiger partial charge in [-0.3, -0.25) is 4.98 Å². The lowest BCUT2D eigenvalue weighted by Gasteiger charge is -2.11. The molecule has 0 atom stereocenters. The fourth-order valence-corrected chi connectivity index (χ4v) is 2.02. The van der Waals surface area contributed by atoms with Gasteiger partial charge >= 0.3 is 0 Å². The van der Waals surface area contributed by atoms with E-state index in [9.17, 15) is 0 Å². The predicted molar refractivity (Wildman–Crippen MR) is 74.0 cm³/mol. The molecule has 2 nitrogen and oxygen atoms in total. The lowest BCUT2D eigenvalue weighted by atomic mass is 10.1. The fraction of sp³-hybridized carbons (Fsp3) is 0.267. The van der Waals surface area contributed by atoms with Crippen LogP contribution in [0.3, 0.4) is 0 Å². The first-order valence-electron chi connectivity index (χ1n) is 5.88. The van der Waals surface area contributed by atoms with Gasteiger partial charge in [0.05, 0.1) is 5.88 Å². The molecule has 0 saturated carbocycles. The molecule has 2 aromatic rings. The first kappa shape index (κ1) is 12.9. The van der Waals surface area contributed by atoms with E-state index in [1.54, 1.807) is 0 Å². The number of hydrogen-bond acceptors (Lipinski definition) is 2. The molecule has 0 aliphatic heterocycles. The van der Waals surface area contributed by atoms with Gasteiger partial charge in [0.1, 0.15) is 12.4 Å². The van der Waals surface area contributed by atoms with Crippen LogP contribution < -0.4 is 4.74 Å². The van der Waals surface area contributed by atoms with E-state index in [2.05, 4.69) is 17.1 Å². The van der Waals surface area contributed by atoms with E-state index in [0.29, 0.717) is 12.5 Å². The van der Waals surface area contributed by atoms with Crippen LogP contribution in [0.2, 0.25) is 0 Å². The molecular weight excluding hydrogens is 246 g/mol. The largest absolute Gasteiger partial charge is 0.489 e. The Hall–Kier alpha value is -1.54. The molecule has 3 heteroatoms. The van der Waals surface area contributed by atoms with E-state index >= 15 is 0 Å². The Bertz CT molecular complexity index is 540. The summed E-state index contributed by atoms with van der Waals surface area (Å²) >= 11 is 5.92. The topological polar surface area (TPSA) is 22.1 Å². The molecule has 18 heavy (non-hydrogen) atoms. The number of benzene rings is 1. The standard InChI is InChI=1S/C15H16ClNO/c1-11-3-4-15(14(6-11)7-16)18-10-13-5-12(2)8-17-9-13/h3-6,8-9H,7,10H2,1-2H3. The molecule has 0 bridgehead atoms. The van der Waals surface area contributed by atoms with Gasteiger partial charge < -0.3 is 4.74 Å². The number of ether oxygens (including phenoxy) is 1. The molecule has 0 N–H and O–H groups in total. The van der Waals surface area contributed by atoms with Crippen LogP contribution >= 0.6 is 11.6 Å². The van der Waals surface area contributed by atoms with Crippen molar-refractivity contribution in [3.05, 3.63) is 58.9 Å². The van der Waals surface area contributed by atoms with Crippen LogP contribution in [0.4, 0.5) is 0 Å². The van der Waals surface area contributed by atoms with Crippen molar-refractivity contribution < 1.29 is 4.74 Å². The normalized spacial score (nSPS) is 10.4. The average Bonchev–Trinajstić information content (AvgIpc) is 2.37. The van der Waals surface area contributed by atoms with Gasteiger partial charge in [-0.15, -0.1) is 11.6 Å². The SMILES string of the molecule is Cc1cncc(COc2ccc(C)cc2CCl)c1. The summed E-state index contributed by atoms with van der Waals surface area (Å²) in [6.07, 6.45) is 3.65. The van der Waals surface area contributed by atoms with Crippen LogP contribution in [0.15, 0.2) is 36.7 Å². The lowest BCUT2D eigenvalue weighted by Crippen LogP contribution is -1.99. The third-order valence-corrected chi connectivity index (χ3v) is 2.97. The number of rotatable bonds is 4. The van der Waals surface area contributed by atoms with Crippen LogP contribution in [0.1, 0.15) is 22.3 Å². The van der Waals surface area contributed by atoms with Crippen LogP contribution in [-0.4, -0.2) is 4.98 Å². The third kappa shape index (κ3) is 3.23. The van der Waals surface area contributed by atoms with Gasteiger partial charge in [0.2, 0.25) is 0 Å². The van der Waals surface area contributed by atoms with Crippen molar-refractivity contribution in [1.82, 2.24) is 4.98 Å². The molecule has 0 unspecified atom stereocenters. The van der Waals surface area contributed by atoms with Crippen LogP contribution in [-0.2, 0) is 12.5 Å². The number of hydrogen-bond donors (Lipinski definition) is 0. The van der Waals surface area contributed by atoms with Gasteiger partial charge in [-0.2, -0.15) is 0 Å². The second-order valence-corrected chi connectivity index (χ2v) is 4.67. The molecule has 2 rings (SSSR count). The maximum Gasteiger partial charge on any atom is 0.124 e. The molecule has 0 amide bonds. The molecule has 1 aromatic heterocycles. The van der Waals surface area contributed by atoms with Crippen molar-refractivity contribution >= 4 is 11.6 Å². The van der Waals surface area contributed by atoms with E-state index in [4.69, 9.17) is 16.3 Å². The Labute approximate surface area is 113 Å². The Morgan fingerprint density at radius 2 is 1.94 bits per heavy atom. The van der Waals surface area contributed by atoms with Crippen molar-refractivity contribution in [3.8, 4) is 5.75 Å². The van der Waals surface area contributed by atoms with Crippen molar-refractivity contribution in [2.75, 3.05) is 0 Å². The van der Waals surface area contributed by atoms with Crippen molar-refractivity contribution in [2.24, 2.45) is 0 Å². The molecule has 0 aliphatic carbocycles. The van der Waals surface area contributed by atoms with Gasteiger partial charge in [0, 0.05) is 23.5 Å². The summed E-state index contributed by atoms with van der Waals surface area (Å²) in [6, 6.07) is 8.12. The maximum absolute atomic E-state index is 5.92. The van der Waals surface area contributed by atoms with Crippen molar-refractivity contribution in [2.45, 2.75) is 26.3 Å². The Morgan fingerprint density at radius 1 is 1.11 bits per heavy atom. The zero-order chi connectivity index (χ0) is 13.0. The second kappa shape index (κ2) is 5.87. The zero-order valence-electron chi connectivity index (χ0n) is 10.6.